The highest BCUT2D eigenvalue weighted by Gasteiger charge is 2.29. The Hall–Kier alpha value is -1.42. The molecule has 3 heterocycles. The number of nitrogens with zero attached hydrogens (tertiary/aromatic N) is 2. The lowest BCUT2D eigenvalue weighted by atomic mass is 10.1. The maximum Gasteiger partial charge on any atom is 0.246 e. The number of nitrogens with one attached hydrogen (secondary N) is 1. The summed E-state index contributed by atoms with van der Waals surface area (Å²) in [4.78, 5) is 8.94. The third kappa shape index (κ3) is 1.63. The van der Waals surface area contributed by atoms with Gasteiger partial charge in [0.05, 0.1) is 0 Å². The molecule has 88 valence electrons. The van der Waals surface area contributed by atoms with Crippen molar-refractivity contribution in [3.8, 4) is 0 Å². The van der Waals surface area contributed by atoms with Crippen LogP contribution in [0.1, 0.15) is 49.1 Å². The first-order chi connectivity index (χ1) is 8.40. The van der Waals surface area contributed by atoms with Crippen LogP contribution in [0.3, 0.4) is 0 Å². The minimum atomic E-state index is 0.452. The first kappa shape index (κ1) is 9.59. The third-order valence-electron chi connectivity index (χ3n) is 3.67. The number of aromatic nitrogens is 2. The van der Waals surface area contributed by atoms with Gasteiger partial charge in [-0.15, -0.1) is 0 Å². The SMILES string of the molecule is c1nc2oc(C3CC3)nc2cc1C1CCCN1. The van der Waals surface area contributed by atoms with Crippen LogP contribution in [0.15, 0.2) is 16.7 Å². The van der Waals surface area contributed by atoms with Gasteiger partial charge in [0.2, 0.25) is 11.6 Å². The molecule has 1 aliphatic carbocycles. The molecule has 0 amide bonds. The maximum atomic E-state index is 5.67. The van der Waals surface area contributed by atoms with Gasteiger partial charge in [-0.05, 0) is 43.9 Å². The predicted octanol–water partition coefficient (Wildman–Crippen LogP) is 2.52. The summed E-state index contributed by atoms with van der Waals surface area (Å²) in [5, 5.41) is 3.48. The van der Waals surface area contributed by atoms with Crippen molar-refractivity contribution in [1.82, 2.24) is 15.3 Å². The van der Waals surface area contributed by atoms with Gasteiger partial charge in [0.25, 0.3) is 0 Å². The van der Waals surface area contributed by atoms with E-state index in [4.69, 9.17) is 4.42 Å². The summed E-state index contributed by atoms with van der Waals surface area (Å²) < 4.78 is 5.67. The lowest BCUT2D eigenvalue weighted by molar-refractivity contribution is 0.524. The zero-order valence-corrected chi connectivity index (χ0v) is 9.65. The smallest absolute Gasteiger partial charge is 0.246 e. The second kappa shape index (κ2) is 3.53. The summed E-state index contributed by atoms with van der Waals surface area (Å²) >= 11 is 0. The zero-order chi connectivity index (χ0) is 11.2. The van der Waals surface area contributed by atoms with E-state index in [1.54, 1.807) is 0 Å². The molecule has 0 aromatic carbocycles. The van der Waals surface area contributed by atoms with Crippen LogP contribution in [-0.2, 0) is 0 Å². The van der Waals surface area contributed by atoms with Crippen LogP contribution < -0.4 is 5.32 Å². The maximum absolute atomic E-state index is 5.67. The Kier molecular flexibility index (Phi) is 1.99. The Morgan fingerprint density at radius 3 is 3.00 bits per heavy atom. The molecule has 0 radical (unpaired) electrons. The second-order valence-electron chi connectivity index (χ2n) is 5.07. The molecule has 4 heteroatoms. The Bertz CT molecular complexity index is 553. The number of fused-ring (bicyclic) bond motifs is 1. The van der Waals surface area contributed by atoms with Gasteiger partial charge in [-0.1, -0.05) is 0 Å². The number of oxazole rings is 1. The van der Waals surface area contributed by atoms with E-state index in [9.17, 15) is 0 Å². The topological polar surface area (TPSA) is 51.0 Å². The molecule has 0 bridgehead atoms. The number of pyridine rings is 1. The average Bonchev–Trinajstić information content (AvgIpc) is 2.92. The molecular weight excluding hydrogens is 214 g/mol. The first-order valence-electron chi connectivity index (χ1n) is 6.40. The van der Waals surface area contributed by atoms with Crippen LogP contribution in [0.5, 0.6) is 0 Å². The number of rotatable bonds is 2. The highest BCUT2D eigenvalue weighted by atomic mass is 16.4. The minimum Gasteiger partial charge on any atom is -0.422 e. The van der Waals surface area contributed by atoms with Crippen LogP contribution in [0, 0.1) is 0 Å². The molecule has 2 fully saturated rings. The summed E-state index contributed by atoms with van der Waals surface area (Å²) in [5.41, 5.74) is 2.84. The third-order valence-corrected chi connectivity index (χ3v) is 3.67. The van der Waals surface area contributed by atoms with Crippen LogP contribution >= 0.6 is 0 Å². The second-order valence-corrected chi connectivity index (χ2v) is 5.07. The fourth-order valence-electron chi connectivity index (χ4n) is 2.52. The molecule has 1 unspecified atom stereocenters. The molecule has 1 saturated heterocycles. The van der Waals surface area contributed by atoms with Crippen LogP contribution in [0.2, 0.25) is 0 Å². The van der Waals surface area contributed by atoms with Crippen molar-refractivity contribution in [1.29, 1.82) is 0 Å². The van der Waals surface area contributed by atoms with E-state index < -0.39 is 0 Å². The van der Waals surface area contributed by atoms with Crippen molar-refractivity contribution in [2.75, 3.05) is 6.54 Å². The molecule has 4 rings (SSSR count). The van der Waals surface area contributed by atoms with E-state index in [0.29, 0.717) is 17.7 Å². The summed E-state index contributed by atoms with van der Waals surface area (Å²) in [6, 6.07) is 2.58. The van der Waals surface area contributed by atoms with Gasteiger partial charge >= 0.3 is 0 Å². The molecule has 0 spiro atoms. The lowest BCUT2D eigenvalue weighted by Crippen LogP contribution is -2.12. The molecule has 2 aromatic heterocycles. The first-order valence-corrected chi connectivity index (χ1v) is 6.40. The van der Waals surface area contributed by atoms with Gasteiger partial charge in [0.15, 0.2) is 0 Å². The van der Waals surface area contributed by atoms with Crippen LogP contribution in [0.4, 0.5) is 0 Å². The highest BCUT2D eigenvalue weighted by Crippen LogP contribution is 2.40. The minimum absolute atomic E-state index is 0.452. The molecular formula is C13H15N3O. The number of hydrogen-bond acceptors (Lipinski definition) is 4. The monoisotopic (exact) mass is 229 g/mol. The van der Waals surface area contributed by atoms with Crippen molar-refractivity contribution in [2.45, 2.75) is 37.6 Å². The number of hydrogen-bond donors (Lipinski definition) is 1. The van der Waals surface area contributed by atoms with E-state index >= 15 is 0 Å². The zero-order valence-electron chi connectivity index (χ0n) is 9.65. The van der Waals surface area contributed by atoms with Crippen molar-refractivity contribution in [3.63, 3.8) is 0 Å². The van der Waals surface area contributed by atoms with Gasteiger partial charge < -0.3 is 9.73 Å². The van der Waals surface area contributed by atoms with Gasteiger partial charge in [0.1, 0.15) is 5.52 Å². The van der Waals surface area contributed by atoms with Gasteiger partial charge in [-0.3, -0.25) is 0 Å². The Morgan fingerprint density at radius 2 is 2.24 bits per heavy atom. The van der Waals surface area contributed by atoms with Crippen LogP contribution in [-0.4, -0.2) is 16.5 Å². The van der Waals surface area contributed by atoms with E-state index in [1.807, 2.05) is 6.20 Å². The van der Waals surface area contributed by atoms with E-state index in [0.717, 1.165) is 18.0 Å². The molecule has 1 atom stereocenters. The van der Waals surface area contributed by atoms with Crippen molar-refractivity contribution in [3.05, 3.63) is 23.7 Å². The summed E-state index contributed by atoms with van der Waals surface area (Å²) in [6.45, 7) is 1.11. The average molecular weight is 229 g/mol. The van der Waals surface area contributed by atoms with E-state index in [2.05, 4.69) is 21.4 Å². The Labute approximate surface area is 99.4 Å². The van der Waals surface area contributed by atoms with Gasteiger partial charge in [-0.25, -0.2) is 9.97 Å². The van der Waals surface area contributed by atoms with E-state index in [-0.39, 0.29) is 0 Å². The van der Waals surface area contributed by atoms with E-state index in [1.165, 1.54) is 31.2 Å². The summed E-state index contributed by atoms with van der Waals surface area (Å²) in [7, 11) is 0. The molecule has 1 saturated carbocycles. The standard InChI is InChI=1S/C13H15N3O/c1-2-10(14-5-1)9-6-11-13(15-7-9)17-12(16-11)8-3-4-8/h6-8,10,14H,1-5H2. The molecule has 4 nitrogen and oxygen atoms in total. The highest BCUT2D eigenvalue weighted by molar-refractivity contribution is 5.69. The molecule has 17 heavy (non-hydrogen) atoms. The fraction of sp³-hybridized carbons (Fsp3) is 0.538. The van der Waals surface area contributed by atoms with Crippen molar-refractivity contribution >= 4 is 11.2 Å². The van der Waals surface area contributed by atoms with Gasteiger partial charge in [0, 0.05) is 18.2 Å². The Morgan fingerprint density at radius 1 is 1.29 bits per heavy atom. The Balaban J connectivity index is 1.74. The molecule has 1 N–H and O–H groups in total. The molecule has 1 aliphatic heterocycles. The van der Waals surface area contributed by atoms with Crippen LogP contribution in [0.25, 0.3) is 11.2 Å². The molecule has 2 aliphatic rings. The predicted molar refractivity (Wildman–Crippen MR) is 63.8 cm³/mol. The lowest BCUT2D eigenvalue weighted by Gasteiger charge is -2.08. The van der Waals surface area contributed by atoms with Gasteiger partial charge in [-0.2, -0.15) is 0 Å². The largest absolute Gasteiger partial charge is 0.422 e. The molecule has 2 aromatic rings. The normalized spacial score (nSPS) is 24.6. The summed E-state index contributed by atoms with van der Waals surface area (Å²) in [5.74, 6) is 1.43. The van der Waals surface area contributed by atoms with Crippen molar-refractivity contribution < 1.29 is 4.42 Å². The van der Waals surface area contributed by atoms with Crippen molar-refractivity contribution in [2.24, 2.45) is 0 Å². The summed E-state index contributed by atoms with van der Waals surface area (Å²) in [6.07, 6.45) is 6.79. The fourth-order valence-corrected chi connectivity index (χ4v) is 2.52. The quantitative estimate of drug-likeness (QED) is 0.859.